The summed E-state index contributed by atoms with van der Waals surface area (Å²) in [6.07, 6.45) is -5.11. The van der Waals surface area contributed by atoms with Gasteiger partial charge in [0.25, 0.3) is 0 Å². The maximum absolute atomic E-state index is 13.6. The average Bonchev–Trinajstić information content (AvgIpc) is 2.77. The van der Waals surface area contributed by atoms with Crippen molar-refractivity contribution in [1.29, 1.82) is 0 Å². The first-order chi connectivity index (χ1) is 16.0. The molecule has 0 saturated carbocycles. The summed E-state index contributed by atoms with van der Waals surface area (Å²) in [4.78, 5) is 12.3. The molecule has 1 atom stereocenters. The van der Waals surface area contributed by atoms with Crippen LogP contribution in [0.5, 0.6) is 5.75 Å². The highest BCUT2D eigenvalue weighted by atomic mass is 35.5. The number of halogens is 4. The number of rotatable bonds is 9. The van der Waals surface area contributed by atoms with Gasteiger partial charge in [0.1, 0.15) is 11.8 Å². The van der Waals surface area contributed by atoms with Gasteiger partial charge in [0.2, 0.25) is 15.9 Å². The summed E-state index contributed by atoms with van der Waals surface area (Å²) in [6.45, 7) is -0.355. The predicted molar refractivity (Wildman–Crippen MR) is 121 cm³/mol. The van der Waals surface area contributed by atoms with Crippen LogP contribution < -0.4 is 10.5 Å². The van der Waals surface area contributed by atoms with Crippen molar-refractivity contribution >= 4 is 27.5 Å². The number of carbonyl (C=O) groups is 1. The summed E-state index contributed by atoms with van der Waals surface area (Å²) >= 11 is 5.87. The number of hydrogen-bond donors (Lipinski definition) is 1. The van der Waals surface area contributed by atoms with Gasteiger partial charge in [-0.1, -0.05) is 60.1 Å². The minimum Gasteiger partial charge on any atom is -0.406 e. The SMILES string of the molecule is NC(=O)[C@@H](c1ccccc1)N(CCc1ccccc1OC(F)(F)F)S(=O)(=O)c1ccc(Cl)cc1. The Balaban J connectivity index is 2.04. The van der Waals surface area contributed by atoms with Crippen molar-refractivity contribution in [2.45, 2.75) is 23.7 Å². The van der Waals surface area contributed by atoms with E-state index in [9.17, 15) is 26.4 Å². The molecule has 0 unspecified atom stereocenters. The Labute approximate surface area is 199 Å². The topological polar surface area (TPSA) is 89.7 Å². The highest BCUT2D eigenvalue weighted by Crippen LogP contribution is 2.31. The van der Waals surface area contributed by atoms with E-state index in [0.717, 1.165) is 10.4 Å². The molecule has 11 heteroatoms. The van der Waals surface area contributed by atoms with Crippen LogP contribution in [0.4, 0.5) is 13.2 Å². The molecule has 34 heavy (non-hydrogen) atoms. The Morgan fingerprint density at radius 2 is 1.56 bits per heavy atom. The third-order valence-electron chi connectivity index (χ3n) is 4.89. The lowest BCUT2D eigenvalue weighted by Crippen LogP contribution is -2.42. The second kappa shape index (κ2) is 10.5. The largest absolute Gasteiger partial charge is 0.573 e. The van der Waals surface area contributed by atoms with Crippen LogP contribution >= 0.6 is 11.6 Å². The molecular weight excluding hydrogens is 493 g/mol. The monoisotopic (exact) mass is 512 g/mol. The van der Waals surface area contributed by atoms with Gasteiger partial charge in [-0.3, -0.25) is 4.79 Å². The number of carbonyl (C=O) groups excluding carboxylic acids is 1. The molecule has 2 N–H and O–H groups in total. The zero-order valence-electron chi connectivity index (χ0n) is 17.6. The van der Waals surface area contributed by atoms with Crippen LogP contribution in [0.15, 0.2) is 83.8 Å². The van der Waals surface area contributed by atoms with Crippen LogP contribution in [0.3, 0.4) is 0 Å². The fraction of sp³-hybridized carbons (Fsp3) is 0.174. The minimum absolute atomic E-state index is 0.104. The Morgan fingerprint density at radius 3 is 2.15 bits per heavy atom. The summed E-state index contributed by atoms with van der Waals surface area (Å²) in [5.74, 6) is -1.40. The number of para-hydroxylation sites is 1. The molecule has 0 spiro atoms. The predicted octanol–water partition coefficient (Wildman–Crippen LogP) is 4.70. The van der Waals surface area contributed by atoms with Crippen LogP contribution in [-0.2, 0) is 21.2 Å². The van der Waals surface area contributed by atoms with E-state index in [4.69, 9.17) is 17.3 Å². The van der Waals surface area contributed by atoms with Crippen molar-refractivity contribution < 1.29 is 31.1 Å². The molecule has 0 aromatic heterocycles. The lowest BCUT2D eigenvalue weighted by Gasteiger charge is -2.29. The normalized spacial score (nSPS) is 13.0. The van der Waals surface area contributed by atoms with Crippen LogP contribution in [0.1, 0.15) is 17.2 Å². The summed E-state index contributed by atoms with van der Waals surface area (Å²) < 4.78 is 70.5. The van der Waals surface area contributed by atoms with E-state index in [-0.39, 0.29) is 23.4 Å². The van der Waals surface area contributed by atoms with E-state index in [0.29, 0.717) is 10.6 Å². The fourth-order valence-corrected chi connectivity index (χ4v) is 5.11. The molecular formula is C23H20ClF3N2O4S. The second-order valence-corrected chi connectivity index (χ2v) is 9.52. The van der Waals surface area contributed by atoms with Gasteiger partial charge in [0.15, 0.2) is 0 Å². The van der Waals surface area contributed by atoms with Gasteiger partial charge in [-0.05, 0) is 47.9 Å². The molecule has 0 saturated heterocycles. The first-order valence-corrected chi connectivity index (χ1v) is 11.8. The van der Waals surface area contributed by atoms with Crippen molar-refractivity contribution in [3.63, 3.8) is 0 Å². The third kappa shape index (κ3) is 6.28. The van der Waals surface area contributed by atoms with E-state index < -0.39 is 34.1 Å². The molecule has 0 aliphatic heterocycles. The molecule has 0 aliphatic carbocycles. The van der Waals surface area contributed by atoms with Crippen molar-refractivity contribution in [1.82, 2.24) is 4.31 Å². The number of hydrogen-bond acceptors (Lipinski definition) is 4. The average molecular weight is 513 g/mol. The van der Waals surface area contributed by atoms with Crippen LogP contribution in [0, 0.1) is 0 Å². The number of alkyl halides is 3. The molecule has 180 valence electrons. The molecule has 6 nitrogen and oxygen atoms in total. The number of amides is 1. The smallest absolute Gasteiger partial charge is 0.406 e. The lowest BCUT2D eigenvalue weighted by atomic mass is 10.1. The maximum atomic E-state index is 13.6. The Kier molecular flexibility index (Phi) is 7.86. The summed E-state index contributed by atoms with van der Waals surface area (Å²) in [5.41, 5.74) is 6.03. The van der Waals surface area contributed by atoms with Crippen molar-refractivity contribution in [2.24, 2.45) is 5.73 Å². The third-order valence-corrected chi connectivity index (χ3v) is 7.02. The van der Waals surface area contributed by atoms with E-state index in [1.54, 1.807) is 30.3 Å². The number of primary amides is 1. The zero-order chi connectivity index (χ0) is 24.9. The van der Waals surface area contributed by atoms with Crippen LogP contribution in [0.25, 0.3) is 0 Å². The maximum Gasteiger partial charge on any atom is 0.573 e. The van der Waals surface area contributed by atoms with E-state index in [1.807, 2.05) is 0 Å². The van der Waals surface area contributed by atoms with Gasteiger partial charge in [0.05, 0.1) is 4.90 Å². The number of benzene rings is 3. The molecule has 3 aromatic rings. The molecule has 0 fully saturated rings. The quantitative estimate of drug-likeness (QED) is 0.450. The van der Waals surface area contributed by atoms with Gasteiger partial charge in [-0.2, -0.15) is 4.31 Å². The van der Waals surface area contributed by atoms with Gasteiger partial charge in [0, 0.05) is 11.6 Å². The highest BCUT2D eigenvalue weighted by Gasteiger charge is 2.36. The minimum atomic E-state index is -4.93. The Morgan fingerprint density at radius 1 is 0.971 bits per heavy atom. The standard InChI is InChI=1S/C23H20ClF3N2O4S/c24-18-10-12-19(13-11-18)34(31,32)29(21(22(28)30)17-7-2-1-3-8-17)15-14-16-6-4-5-9-20(16)33-23(25,26)27/h1-13,21H,14-15H2,(H2,28,30)/t21-/m1/s1. The van der Waals surface area contributed by atoms with Gasteiger partial charge in [-0.25, -0.2) is 8.42 Å². The summed E-state index contributed by atoms with van der Waals surface area (Å²) in [7, 11) is -4.32. The van der Waals surface area contributed by atoms with Gasteiger partial charge >= 0.3 is 6.36 Å². The van der Waals surface area contributed by atoms with Gasteiger partial charge < -0.3 is 10.5 Å². The number of nitrogens with zero attached hydrogens (tertiary/aromatic N) is 1. The molecule has 0 bridgehead atoms. The van der Waals surface area contributed by atoms with Crippen molar-refractivity contribution in [2.75, 3.05) is 6.54 Å². The van der Waals surface area contributed by atoms with Crippen LogP contribution in [0.2, 0.25) is 5.02 Å². The summed E-state index contributed by atoms with van der Waals surface area (Å²) in [5, 5.41) is 0.304. The zero-order valence-corrected chi connectivity index (χ0v) is 19.1. The van der Waals surface area contributed by atoms with Gasteiger partial charge in [-0.15, -0.1) is 13.2 Å². The molecule has 0 radical (unpaired) electrons. The van der Waals surface area contributed by atoms with E-state index in [1.165, 1.54) is 42.5 Å². The molecule has 3 aromatic carbocycles. The molecule has 0 heterocycles. The number of ether oxygens (including phenoxy) is 1. The van der Waals surface area contributed by atoms with Crippen molar-refractivity contribution in [3.8, 4) is 5.75 Å². The fourth-order valence-electron chi connectivity index (χ4n) is 3.40. The van der Waals surface area contributed by atoms with E-state index in [2.05, 4.69) is 4.74 Å². The first kappa shape index (κ1) is 25.5. The Bertz CT molecular complexity index is 1240. The first-order valence-electron chi connectivity index (χ1n) is 9.94. The second-order valence-electron chi connectivity index (χ2n) is 7.19. The number of sulfonamides is 1. The highest BCUT2D eigenvalue weighted by molar-refractivity contribution is 7.89. The van der Waals surface area contributed by atoms with Crippen molar-refractivity contribution in [3.05, 3.63) is 95.0 Å². The van der Waals surface area contributed by atoms with Crippen LogP contribution in [-0.4, -0.2) is 31.5 Å². The summed E-state index contributed by atoms with van der Waals surface area (Å²) in [6, 6.07) is 17.3. The number of nitrogens with two attached hydrogens (primary N) is 1. The lowest BCUT2D eigenvalue weighted by molar-refractivity contribution is -0.274. The molecule has 0 aliphatic rings. The Hall–Kier alpha value is -3.08. The molecule has 1 amide bonds. The van der Waals surface area contributed by atoms with E-state index >= 15 is 0 Å². The molecule has 3 rings (SSSR count).